The van der Waals surface area contributed by atoms with Gasteiger partial charge in [0.2, 0.25) is 11.8 Å². The Morgan fingerprint density at radius 2 is 1.78 bits per heavy atom. The van der Waals surface area contributed by atoms with Gasteiger partial charge in [0.15, 0.2) is 0 Å². The maximum absolute atomic E-state index is 13.1. The molecular weight excluding hydrogens is 406 g/mol. The molecular formula is C24H29N5O3. The van der Waals surface area contributed by atoms with Crippen molar-refractivity contribution in [2.45, 2.75) is 32.7 Å². The molecule has 1 N–H and O–H groups in total. The highest BCUT2D eigenvalue weighted by atomic mass is 16.2. The molecule has 8 heteroatoms. The summed E-state index contributed by atoms with van der Waals surface area (Å²) >= 11 is 0. The molecule has 2 heterocycles. The van der Waals surface area contributed by atoms with Crippen LogP contribution in [0.25, 0.3) is 0 Å². The average molecular weight is 436 g/mol. The molecule has 3 amide bonds. The number of nitrogens with zero attached hydrogens (tertiary/aromatic N) is 4. The first-order chi connectivity index (χ1) is 15.4. The summed E-state index contributed by atoms with van der Waals surface area (Å²) in [5, 5.41) is 10.7. The second-order valence-electron chi connectivity index (χ2n) is 9.00. The third-order valence-electron chi connectivity index (χ3n) is 6.64. The van der Waals surface area contributed by atoms with E-state index in [2.05, 4.69) is 16.4 Å². The summed E-state index contributed by atoms with van der Waals surface area (Å²) in [6.07, 6.45) is 5.02. The number of amides is 3. The van der Waals surface area contributed by atoms with Gasteiger partial charge in [0.05, 0.1) is 23.6 Å². The van der Waals surface area contributed by atoms with Crippen molar-refractivity contribution in [1.82, 2.24) is 15.2 Å². The predicted octanol–water partition coefficient (Wildman–Crippen LogP) is 1.95. The van der Waals surface area contributed by atoms with Crippen LogP contribution >= 0.6 is 0 Å². The van der Waals surface area contributed by atoms with Gasteiger partial charge in [-0.15, -0.1) is 0 Å². The molecule has 4 rings (SSSR count). The number of nitriles is 1. The average Bonchev–Trinajstić information content (AvgIpc) is 2.82. The minimum Gasteiger partial charge on any atom is -0.336 e. The fourth-order valence-electron chi connectivity index (χ4n) is 4.80. The Morgan fingerprint density at radius 1 is 1.09 bits per heavy atom. The lowest BCUT2D eigenvalue weighted by Crippen LogP contribution is -2.59. The maximum Gasteiger partial charge on any atom is 0.254 e. The Balaban J connectivity index is 1.46. The van der Waals surface area contributed by atoms with Crippen molar-refractivity contribution >= 4 is 23.4 Å². The molecule has 8 nitrogen and oxygen atoms in total. The zero-order valence-electron chi connectivity index (χ0n) is 18.5. The van der Waals surface area contributed by atoms with Gasteiger partial charge in [0.1, 0.15) is 6.04 Å². The molecule has 32 heavy (non-hydrogen) atoms. The summed E-state index contributed by atoms with van der Waals surface area (Å²) in [6.45, 7) is 6.46. The summed E-state index contributed by atoms with van der Waals surface area (Å²) < 4.78 is 0. The van der Waals surface area contributed by atoms with Crippen LogP contribution in [0.2, 0.25) is 0 Å². The fourth-order valence-corrected chi connectivity index (χ4v) is 4.80. The van der Waals surface area contributed by atoms with Crippen LogP contribution in [-0.4, -0.2) is 59.7 Å². The number of nitrogens with one attached hydrogen (secondary N) is 1. The number of anilines is 1. The van der Waals surface area contributed by atoms with Crippen molar-refractivity contribution in [3.63, 3.8) is 0 Å². The van der Waals surface area contributed by atoms with Gasteiger partial charge in [0, 0.05) is 31.7 Å². The predicted molar refractivity (Wildman–Crippen MR) is 119 cm³/mol. The van der Waals surface area contributed by atoms with Gasteiger partial charge in [-0.25, -0.2) is 5.01 Å². The number of fused-ring (bicyclic) bond motifs is 1. The smallest absolute Gasteiger partial charge is 0.254 e. The van der Waals surface area contributed by atoms with E-state index in [0.717, 1.165) is 0 Å². The van der Waals surface area contributed by atoms with Crippen molar-refractivity contribution in [2.24, 2.45) is 17.8 Å². The van der Waals surface area contributed by atoms with E-state index >= 15 is 0 Å². The van der Waals surface area contributed by atoms with Crippen LogP contribution in [0.3, 0.4) is 0 Å². The summed E-state index contributed by atoms with van der Waals surface area (Å²) in [6, 6.07) is 9.07. The molecule has 3 unspecified atom stereocenters. The Labute approximate surface area is 188 Å². The molecule has 2 saturated heterocycles. The molecule has 168 valence electrons. The number of allylic oxidation sites excluding steroid dienone is 2. The van der Waals surface area contributed by atoms with Crippen molar-refractivity contribution < 1.29 is 14.4 Å². The molecule has 0 bridgehead atoms. The highest BCUT2D eigenvalue weighted by Crippen LogP contribution is 2.32. The SMILES string of the molecule is CC(C)C(C#N)N1CCN(C(=O)c2cccc(N3NC(=O)C4CC=CCC4C3=O)c2)CC1. The molecule has 0 aromatic heterocycles. The monoisotopic (exact) mass is 435 g/mol. The molecule has 1 aromatic carbocycles. The van der Waals surface area contributed by atoms with E-state index in [1.54, 1.807) is 29.2 Å². The lowest BCUT2D eigenvalue weighted by atomic mass is 9.80. The molecule has 1 aliphatic carbocycles. The Bertz CT molecular complexity index is 974. The molecule has 0 saturated carbocycles. The summed E-state index contributed by atoms with van der Waals surface area (Å²) in [7, 11) is 0. The molecule has 0 spiro atoms. The van der Waals surface area contributed by atoms with Crippen LogP contribution in [0.1, 0.15) is 37.0 Å². The Kier molecular flexibility index (Phi) is 6.28. The minimum absolute atomic E-state index is 0.112. The zero-order valence-corrected chi connectivity index (χ0v) is 18.5. The molecule has 3 aliphatic rings. The standard InChI is InChI=1S/C24H29N5O3/c1-16(2)21(15-25)27-10-12-28(13-11-27)23(31)17-6-5-7-18(14-17)29-24(32)20-9-4-3-8-19(20)22(30)26-29/h3-7,14,16,19-21H,8-13H2,1-2H3,(H,26,30). The second-order valence-corrected chi connectivity index (χ2v) is 9.00. The summed E-state index contributed by atoms with van der Waals surface area (Å²) in [5.41, 5.74) is 3.68. The van der Waals surface area contributed by atoms with Crippen LogP contribution in [-0.2, 0) is 9.59 Å². The van der Waals surface area contributed by atoms with E-state index in [1.807, 2.05) is 26.0 Å². The molecule has 2 aliphatic heterocycles. The number of carbonyl (C=O) groups excluding carboxylic acids is 3. The quantitative estimate of drug-likeness (QED) is 0.730. The van der Waals surface area contributed by atoms with Crippen molar-refractivity contribution in [3.8, 4) is 6.07 Å². The first-order valence-electron chi connectivity index (χ1n) is 11.2. The lowest BCUT2D eigenvalue weighted by molar-refractivity contribution is -0.139. The topological polar surface area (TPSA) is 96.8 Å². The van der Waals surface area contributed by atoms with E-state index in [-0.39, 0.29) is 41.5 Å². The van der Waals surface area contributed by atoms with Crippen molar-refractivity contribution in [3.05, 3.63) is 42.0 Å². The normalized spacial score (nSPS) is 24.7. The van der Waals surface area contributed by atoms with E-state index in [0.29, 0.717) is 50.3 Å². The molecule has 2 fully saturated rings. The van der Waals surface area contributed by atoms with Crippen molar-refractivity contribution in [1.29, 1.82) is 5.26 Å². The van der Waals surface area contributed by atoms with Crippen LogP contribution in [0.4, 0.5) is 5.69 Å². The fraction of sp³-hybridized carbons (Fsp3) is 0.500. The third-order valence-corrected chi connectivity index (χ3v) is 6.64. The van der Waals surface area contributed by atoms with E-state index in [9.17, 15) is 19.6 Å². The first kappa shape index (κ1) is 22.0. The van der Waals surface area contributed by atoms with Crippen LogP contribution in [0, 0.1) is 29.1 Å². The van der Waals surface area contributed by atoms with Gasteiger partial charge in [-0.3, -0.25) is 24.7 Å². The number of hydrazine groups is 1. The first-order valence-corrected chi connectivity index (χ1v) is 11.2. The highest BCUT2D eigenvalue weighted by molar-refractivity contribution is 6.05. The van der Waals surface area contributed by atoms with Crippen LogP contribution in [0.15, 0.2) is 36.4 Å². The summed E-state index contributed by atoms with van der Waals surface area (Å²) in [4.78, 5) is 42.6. The zero-order chi connectivity index (χ0) is 22.8. The van der Waals surface area contributed by atoms with Gasteiger partial charge < -0.3 is 4.90 Å². The number of piperazine rings is 1. The molecule has 3 atom stereocenters. The number of benzene rings is 1. The largest absolute Gasteiger partial charge is 0.336 e. The van der Waals surface area contributed by atoms with Gasteiger partial charge in [-0.2, -0.15) is 5.26 Å². The maximum atomic E-state index is 13.1. The van der Waals surface area contributed by atoms with Gasteiger partial charge in [-0.05, 0) is 37.0 Å². The molecule has 1 aromatic rings. The van der Waals surface area contributed by atoms with Crippen LogP contribution in [0.5, 0.6) is 0 Å². The Morgan fingerprint density at radius 3 is 2.44 bits per heavy atom. The Hall–Kier alpha value is -3.18. The second kappa shape index (κ2) is 9.13. The lowest BCUT2D eigenvalue weighted by Gasteiger charge is -2.39. The third kappa shape index (κ3) is 4.13. The van der Waals surface area contributed by atoms with E-state index in [1.165, 1.54) is 5.01 Å². The van der Waals surface area contributed by atoms with Gasteiger partial charge in [0.25, 0.3) is 5.91 Å². The highest BCUT2D eigenvalue weighted by Gasteiger charge is 2.42. The van der Waals surface area contributed by atoms with Gasteiger partial charge in [-0.1, -0.05) is 32.1 Å². The van der Waals surface area contributed by atoms with Crippen molar-refractivity contribution in [2.75, 3.05) is 31.2 Å². The van der Waals surface area contributed by atoms with Gasteiger partial charge >= 0.3 is 0 Å². The molecule has 0 radical (unpaired) electrons. The number of rotatable bonds is 4. The summed E-state index contributed by atoms with van der Waals surface area (Å²) in [5.74, 6) is -0.880. The number of hydrogen-bond acceptors (Lipinski definition) is 5. The minimum atomic E-state index is -0.366. The van der Waals surface area contributed by atoms with E-state index < -0.39 is 0 Å². The van der Waals surface area contributed by atoms with E-state index in [4.69, 9.17) is 0 Å². The van der Waals surface area contributed by atoms with Crippen LogP contribution < -0.4 is 10.4 Å². The number of carbonyl (C=O) groups is 3. The number of hydrogen-bond donors (Lipinski definition) is 1.